The maximum atomic E-state index is 12.0. The van der Waals surface area contributed by atoms with E-state index in [2.05, 4.69) is 27.9 Å². The summed E-state index contributed by atoms with van der Waals surface area (Å²) in [5.74, 6) is -0.115. The van der Waals surface area contributed by atoms with Crippen LogP contribution in [-0.4, -0.2) is 25.1 Å². The van der Waals surface area contributed by atoms with E-state index in [0.29, 0.717) is 5.75 Å². The zero-order valence-corrected chi connectivity index (χ0v) is 16.3. The lowest BCUT2D eigenvalue weighted by Crippen LogP contribution is -2.24. The molecule has 0 spiro atoms. The van der Waals surface area contributed by atoms with E-state index in [1.807, 2.05) is 50.2 Å². The summed E-state index contributed by atoms with van der Waals surface area (Å²) >= 11 is 2.18. The maximum Gasteiger partial charge on any atom is 0.344 e. The molecule has 0 atom stereocenters. The number of esters is 1. The van der Waals surface area contributed by atoms with Gasteiger partial charge < -0.3 is 14.8 Å². The van der Waals surface area contributed by atoms with Gasteiger partial charge in [0.15, 0.2) is 13.2 Å². The van der Waals surface area contributed by atoms with E-state index in [1.54, 1.807) is 12.1 Å². The summed E-state index contributed by atoms with van der Waals surface area (Å²) in [6.45, 7) is 3.51. The molecule has 6 heteroatoms. The van der Waals surface area contributed by atoms with Crippen molar-refractivity contribution in [1.29, 1.82) is 0 Å². The molecule has 1 amide bonds. The van der Waals surface area contributed by atoms with Gasteiger partial charge in [-0.2, -0.15) is 0 Å². The normalized spacial score (nSPS) is 10.4. The molecule has 5 nitrogen and oxygen atoms in total. The Morgan fingerprint density at radius 3 is 2.40 bits per heavy atom. The van der Waals surface area contributed by atoms with Crippen molar-refractivity contribution in [3.05, 3.63) is 57.7 Å². The standard InChI is InChI=1S/C19H20INO4/c1-13(2)16-5-3-4-6-17(16)21-18(22)11-25-19(23)12-24-15-9-7-14(20)8-10-15/h3-10,13H,11-12H2,1-2H3,(H,21,22). The highest BCUT2D eigenvalue weighted by atomic mass is 127. The van der Waals surface area contributed by atoms with Crippen molar-refractivity contribution >= 4 is 40.2 Å². The Bertz CT molecular complexity index is 728. The lowest BCUT2D eigenvalue weighted by Gasteiger charge is -2.13. The second-order valence-electron chi connectivity index (χ2n) is 5.69. The van der Waals surface area contributed by atoms with Crippen molar-refractivity contribution in [2.24, 2.45) is 0 Å². The Morgan fingerprint density at radius 1 is 1.04 bits per heavy atom. The first kappa shape index (κ1) is 19.2. The van der Waals surface area contributed by atoms with Gasteiger partial charge in [0.1, 0.15) is 5.75 Å². The number of anilines is 1. The number of benzene rings is 2. The van der Waals surface area contributed by atoms with Gasteiger partial charge in [0.2, 0.25) is 0 Å². The molecule has 0 bridgehead atoms. The summed E-state index contributed by atoms with van der Waals surface area (Å²) in [6, 6.07) is 14.8. The topological polar surface area (TPSA) is 64.6 Å². The van der Waals surface area contributed by atoms with Gasteiger partial charge in [-0.25, -0.2) is 4.79 Å². The zero-order valence-electron chi connectivity index (χ0n) is 14.1. The van der Waals surface area contributed by atoms with Crippen molar-refractivity contribution in [3.63, 3.8) is 0 Å². The molecular formula is C19H20INO4. The number of ether oxygens (including phenoxy) is 2. The minimum absolute atomic E-state index is 0.240. The van der Waals surface area contributed by atoms with Gasteiger partial charge in [0.25, 0.3) is 5.91 Å². The summed E-state index contributed by atoms with van der Waals surface area (Å²) in [5.41, 5.74) is 1.76. The summed E-state index contributed by atoms with van der Waals surface area (Å²) in [5, 5.41) is 2.77. The van der Waals surface area contributed by atoms with Crippen LogP contribution < -0.4 is 10.1 Å². The molecule has 0 aliphatic rings. The van der Waals surface area contributed by atoms with Crippen LogP contribution in [0.5, 0.6) is 5.75 Å². The second kappa shape index (κ2) is 9.41. The fourth-order valence-electron chi connectivity index (χ4n) is 2.16. The Hall–Kier alpha value is -2.09. The second-order valence-corrected chi connectivity index (χ2v) is 6.94. The number of carbonyl (C=O) groups is 2. The van der Waals surface area contributed by atoms with E-state index in [9.17, 15) is 9.59 Å². The molecule has 0 fully saturated rings. The van der Waals surface area contributed by atoms with Crippen LogP contribution in [0.1, 0.15) is 25.3 Å². The molecule has 0 saturated carbocycles. The number of nitrogens with one attached hydrogen (secondary N) is 1. The number of hydrogen-bond acceptors (Lipinski definition) is 4. The first-order chi connectivity index (χ1) is 12.0. The van der Waals surface area contributed by atoms with E-state index < -0.39 is 5.97 Å². The third-order valence-electron chi connectivity index (χ3n) is 3.39. The molecular weight excluding hydrogens is 433 g/mol. The van der Waals surface area contributed by atoms with Crippen molar-refractivity contribution in [1.82, 2.24) is 0 Å². The monoisotopic (exact) mass is 453 g/mol. The van der Waals surface area contributed by atoms with Gasteiger partial charge in [0.05, 0.1) is 0 Å². The van der Waals surface area contributed by atoms with Crippen LogP contribution in [0.15, 0.2) is 48.5 Å². The molecule has 0 heterocycles. The smallest absolute Gasteiger partial charge is 0.344 e. The molecule has 25 heavy (non-hydrogen) atoms. The SMILES string of the molecule is CC(C)c1ccccc1NC(=O)COC(=O)COc1ccc(I)cc1. The van der Waals surface area contributed by atoms with E-state index >= 15 is 0 Å². The van der Waals surface area contributed by atoms with Gasteiger partial charge >= 0.3 is 5.97 Å². The first-order valence-corrected chi connectivity index (χ1v) is 8.96. The highest BCUT2D eigenvalue weighted by Gasteiger charge is 2.12. The third-order valence-corrected chi connectivity index (χ3v) is 4.11. The molecule has 0 radical (unpaired) electrons. The summed E-state index contributed by atoms with van der Waals surface area (Å²) < 4.78 is 11.3. The fourth-order valence-corrected chi connectivity index (χ4v) is 2.52. The minimum atomic E-state index is -0.592. The van der Waals surface area contributed by atoms with Gasteiger partial charge in [0, 0.05) is 9.26 Å². The van der Waals surface area contributed by atoms with Crippen molar-refractivity contribution in [2.45, 2.75) is 19.8 Å². The van der Waals surface area contributed by atoms with Crippen LogP contribution in [0.2, 0.25) is 0 Å². The summed E-state index contributed by atoms with van der Waals surface area (Å²) in [6.07, 6.45) is 0. The van der Waals surface area contributed by atoms with Gasteiger partial charge in [-0.15, -0.1) is 0 Å². The number of carbonyl (C=O) groups excluding carboxylic acids is 2. The fraction of sp³-hybridized carbons (Fsp3) is 0.263. The van der Waals surface area contributed by atoms with Crippen LogP contribution in [0.3, 0.4) is 0 Å². The molecule has 2 rings (SSSR count). The molecule has 0 aromatic heterocycles. The lowest BCUT2D eigenvalue weighted by atomic mass is 10.0. The van der Waals surface area contributed by atoms with E-state index in [-0.39, 0.29) is 25.0 Å². The zero-order chi connectivity index (χ0) is 18.2. The van der Waals surface area contributed by atoms with Crippen LogP contribution >= 0.6 is 22.6 Å². The summed E-state index contributed by atoms with van der Waals surface area (Å²) in [7, 11) is 0. The quantitative estimate of drug-likeness (QED) is 0.509. The Labute approximate surface area is 160 Å². The van der Waals surface area contributed by atoms with E-state index in [1.165, 1.54) is 0 Å². The molecule has 132 valence electrons. The highest BCUT2D eigenvalue weighted by molar-refractivity contribution is 14.1. The molecule has 0 unspecified atom stereocenters. The molecule has 2 aromatic rings. The van der Waals surface area contributed by atoms with Crippen molar-refractivity contribution in [3.8, 4) is 5.75 Å². The van der Waals surface area contributed by atoms with Crippen LogP contribution in [0.4, 0.5) is 5.69 Å². The van der Waals surface area contributed by atoms with Crippen LogP contribution in [0, 0.1) is 3.57 Å². The van der Waals surface area contributed by atoms with Gasteiger partial charge in [-0.3, -0.25) is 4.79 Å². The number of hydrogen-bond donors (Lipinski definition) is 1. The molecule has 0 saturated heterocycles. The Balaban J connectivity index is 1.78. The third kappa shape index (κ3) is 6.38. The average Bonchev–Trinajstić information content (AvgIpc) is 2.59. The van der Waals surface area contributed by atoms with Gasteiger partial charge in [-0.05, 0) is 64.4 Å². The first-order valence-electron chi connectivity index (χ1n) is 7.88. The van der Waals surface area contributed by atoms with Crippen LogP contribution in [-0.2, 0) is 14.3 Å². The van der Waals surface area contributed by atoms with E-state index in [0.717, 1.165) is 14.8 Å². The molecule has 2 aromatic carbocycles. The predicted molar refractivity (Wildman–Crippen MR) is 105 cm³/mol. The van der Waals surface area contributed by atoms with E-state index in [4.69, 9.17) is 9.47 Å². The highest BCUT2D eigenvalue weighted by Crippen LogP contribution is 2.23. The molecule has 1 N–H and O–H groups in total. The predicted octanol–water partition coefficient (Wildman–Crippen LogP) is 3.98. The van der Waals surface area contributed by atoms with Gasteiger partial charge in [-0.1, -0.05) is 32.0 Å². The average molecular weight is 453 g/mol. The number of amides is 1. The van der Waals surface area contributed by atoms with Crippen LogP contribution in [0.25, 0.3) is 0 Å². The lowest BCUT2D eigenvalue weighted by molar-refractivity contribution is -0.149. The number of halogens is 1. The maximum absolute atomic E-state index is 12.0. The number of para-hydroxylation sites is 1. The Kier molecular flexibility index (Phi) is 7.24. The number of rotatable bonds is 7. The largest absolute Gasteiger partial charge is 0.482 e. The molecule has 0 aliphatic carbocycles. The minimum Gasteiger partial charge on any atom is -0.482 e. The Morgan fingerprint density at radius 2 is 1.72 bits per heavy atom. The van der Waals surface area contributed by atoms with Crippen molar-refractivity contribution in [2.75, 3.05) is 18.5 Å². The summed E-state index contributed by atoms with van der Waals surface area (Å²) in [4.78, 5) is 23.7. The van der Waals surface area contributed by atoms with Crippen molar-refractivity contribution < 1.29 is 19.1 Å². The molecule has 0 aliphatic heterocycles.